The SMILES string of the molecule is CCOP(=O)(OCC)[C@@](C)(C#N)NC=O. The summed E-state index contributed by atoms with van der Waals surface area (Å²) in [6, 6.07) is 1.73. The maximum Gasteiger partial charge on any atom is 0.370 e. The number of rotatable bonds is 7. The van der Waals surface area contributed by atoms with E-state index in [1.165, 1.54) is 6.92 Å². The molecule has 0 spiro atoms. The van der Waals surface area contributed by atoms with Gasteiger partial charge in [0, 0.05) is 0 Å². The Morgan fingerprint density at radius 3 is 2.20 bits per heavy atom. The number of nitrogens with zero attached hydrogens (tertiary/aromatic N) is 1. The molecule has 1 N–H and O–H groups in total. The number of carbonyl (C=O) groups is 1. The number of hydrogen-bond donors (Lipinski definition) is 1. The van der Waals surface area contributed by atoms with Crippen LogP contribution < -0.4 is 5.32 Å². The van der Waals surface area contributed by atoms with Crippen LogP contribution >= 0.6 is 7.60 Å². The van der Waals surface area contributed by atoms with E-state index in [9.17, 15) is 9.36 Å². The molecule has 0 aromatic heterocycles. The van der Waals surface area contributed by atoms with Gasteiger partial charge in [0.05, 0.1) is 13.2 Å². The van der Waals surface area contributed by atoms with E-state index in [0.29, 0.717) is 6.41 Å². The summed E-state index contributed by atoms with van der Waals surface area (Å²) in [7, 11) is -3.66. The Hall–Kier alpha value is -0.890. The molecule has 0 rings (SSSR count). The number of nitriles is 1. The fourth-order valence-electron chi connectivity index (χ4n) is 0.923. The van der Waals surface area contributed by atoms with Gasteiger partial charge in [-0.2, -0.15) is 5.26 Å². The zero-order valence-corrected chi connectivity index (χ0v) is 9.91. The van der Waals surface area contributed by atoms with Crippen LogP contribution in [-0.2, 0) is 18.4 Å². The minimum absolute atomic E-state index is 0.134. The van der Waals surface area contributed by atoms with Crippen molar-refractivity contribution in [3.63, 3.8) is 0 Å². The van der Waals surface area contributed by atoms with Crippen LogP contribution in [0.2, 0.25) is 0 Å². The number of nitrogens with one attached hydrogen (secondary N) is 1. The molecule has 0 bridgehead atoms. The lowest BCUT2D eigenvalue weighted by atomic mass is 10.4. The van der Waals surface area contributed by atoms with Gasteiger partial charge in [0.25, 0.3) is 0 Å². The Bertz CT molecular complexity index is 292. The summed E-state index contributed by atoms with van der Waals surface area (Å²) in [5, 5.41) is 9.41. The van der Waals surface area contributed by atoms with E-state index in [2.05, 4.69) is 5.32 Å². The van der Waals surface area contributed by atoms with Gasteiger partial charge in [0.1, 0.15) is 6.07 Å². The first kappa shape index (κ1) is 14.1. The summed E-state index contributed by atoms with van der Waals surface area (Å²) in [6.07, 6.45) is 0.300. The van der Waals surface area contributed by atoms with E-state index in [1.807, 2.05) is 0 Å². The fourth-order valence-corrected chi connectivity index (χ4v) is 2.53. The molecule has 0 aliphatic carbocycles. The topological polar surface area (TPSA) is 88.4 Å². The minimum atomic E-state index is -3.66. The largest absolute Gasteiger partial charge is 0.370 e. The van der Waals surface area contributed by atoms with Crippen molar-refractivity contribution in [3.8, 4) is 6.07 Å². The molecule has 0 aliphatic rings. The van der Waals surface area contributed by atoms with Crippen molar-refractivity contribution < 1.29 is 18.4 Å². The highest BCUT2D eigenvalue weighted by Gasteiger charge is 2.47. The van der Waals surface area contributed by atoms with Gasteiger partial charge in [0.15, 0.2) is 0 Å². The average Bonchev–Trinajstić information content (AvgIpc) is 2.18. The lowest BCUT2D eigenvalue weighted by Gasteiger charge is -2.29. The molecule has 1 atom stereocenters. The Labute approximate surface area is 89.1 Å². The van der Waals surface area contributed by atoms with Gasteiger partial charge in [-0.05, 0) is 20.8 Å². The summed E-state index contributed by atoms with van der Waals surface area (Å²) < 4.78 is 22.1. The van der Waals surface area contributed by atoms with Gasteiger partial charge in [-0.3, -0.25) is 9.36 Å². The number of amides is 1. The van der Waals surface area contributed by atoms with Gasteiger partial charge in [-0.1, -0.05) is 0 Å². The van der Waals surface area contributed by atoms with E-state index in [4.69, 9.17) is 14.3 Å². The van der Waals surface area contributed by atoms with Crippen LogP contribution in [0.25, 0.3) is 0 Å². The highest BCUT2D eigenvalue weighted by Crippen LogP contribution is 2.58. The highest BCUT2D eigenvalue weighted by molar-refractivity contribution is 7.55. The second-order valence-corrected chi connectivity index (χ2v) is 5.18. The lowest BCUT2D eigenvalue weighted by Crippen LogP contribution is -2.41. The molecule has 1 amide bonds. The number of hydrogen-bond acceptors (Lipinski definition) is 5. The van der Waals surface area contributed by atoms with Gasteiger partial charge in [-0.15, -0.1) is 0 Å². The first-order valence-corrected chi connectivity index (χ1v) is 6.05. The maximum atomic E-state index is 12.2. The van der Waals surface area contributed by atoms with E-state index in [1.54, 1.807) is 19.9 Å². The fraction of sp³-hybridized carbons (Fsp3) is 0.750. The van der Waals surface area contributed by atoms with Crippen molar-refractivity contribution >= 4 is 14.0 Å². The zero-order chi connectivity index (χ0) is 11.9. The van der Waals surface area contributed by atoms with Crippen molar-refractivity contribution in [2.45, 2.75) is 26.1 Å². The summed E-state index contributed by atoms with van der Waals surface area (Å²) in [5.74, 6) is 0. The predicted octanol–water partition coefficient (Wildman–Crippen LogP) is 1.24. The molecule has 0 fully saturated rings. The summed E-state index contributed by atoms with van der Waals surface area (Å²) in [4.78, 5) is 10.3. The van der Waals surface area contributed by atoms with Crippen LogP contribution in [0.15, 0.2) is 0 Å². The lowest BCUT2D eigenvalue weighted by molar-refractivity contribution is -0.110. The second-order valence-electron chi connectivity index (χ2n) is 2.78. The van der Waals surface area contributed by atoms with Crippen molar-refractivity contribution in [2.24, 2.45) is 0 Å². The van der Waals surface area contributed by atoms with Crippen LogP contribution in [0, 0.1) is 11.3 Å². The van der Waals surface area contributed by atoms with Crippen LogP contribution in [0.4, 0.5) is 0 Å². The zero-order valence-electron chi connectivity index (χ0n) is 9.02. The number of carbonyl (C=O) groups excluding carboxylic acids is 1. The molecule has 0 aromatic carbocycles. The quantitative estimate of drug-likeness (QED) is 0.528. The van der Waals surface area contributed by atoms with Gasteiger partial charge in [0.2, 0.25) is 11.7 Å². The Balaban J connectivity index is 5.11. The molecule has 0 saturated heterocycles. The third-order valence-electron chi connectivity index (χ3n) is 1.70. The first-order chi connectivity index (χ1) is 6.99. The van der Waals surface area contributed by atoms with E-state index in [-0.39, 0.29) is 13.2 Å². The monoisotopic (exact) mass is 234 g/mol. The molecule has 86 valence electrons. The molecule has 0 saturated carbocycles. The van der Waals surface area contributed by atoms with E-state index < -0.39 is 12.9 Å². The Morgan fingerprint density at radius 2 is 1.93 bits per heavy atom. The molecule has 15 heavy (non-hydrogen) atoms. The molecule has 0 heterocycles. The maximum absolute atomic E-state index is 12.2. The first-order valence-electron chi connectivity index (χ1n) is 4.51. The highest BCUT2D eigenvalue weighted by atomic mass is 31.2. The molecule has 7 heteroatoms. The third kappa shape index (κ3) is 3.03. The van der Waals surface area contributed by atoms with Crippen molar-refractivity contribution in [2.75, 3.05) is 13.2 Å². The van der Waals surface area contributed by atoms with Gasteiger partial charge in [-0.25, -0.2) is 0 Å². The average molecular weight is 234 g/mol. The van der Waals surface area contributed by atoms with Crippen LogP contribution in [0.3, 0.4) is 0 Å². The van der Waals surface area contributed by atoms with Crippen molar-refractivity contribution in [3.05, 3.63) is 0 Å². The van der Waals surface area contributed by atoms with E-state index >= 15 is 0 Å². The van der Waals surface area contributed by atoms with Crippen molar-refractivity contribution in [1.29, 1.82) is 5.26 Å². The molecular weight excluding hydrogens is 219 g/mol. The normalized spacial score (nSPS) is 15.1. The van der Waals surface area contributed by atoms with Crippen LogP contribution in [0.1, 0.15) is 20.8 Å². The van der Waals surface area contributed by atoms with E-state index in [0.717, 1.165) is 0 Å². The van der Waals surface area contributed by atoms with Gasteiger partial charge >= 0.3 is 7.60 Å². The molecule has 0 aliphatic heterocycles. The molecule has 0 aromatic rings. The molecular formula is C8H15N2O4P. The summed E-state index contributed by atoms with van der Waals surface area (Å²) in [5.41, 5.74) is 0. The molecule has 6 nitrogen and oxygen atoms in total. The van der Waals surface area contributed by atoms with Gasteiger partial charge < -0.3 is 14.4 Å². The van der Waals surface area contributed by atoms with Crippen molar-refractivity contribution in [1.82, 2.24) is 5.32 Å². The van der Waals surface area contributed by atoms with Crippen LogP contribution in [0.5, 0.6) is 0 Å². The smallest absolute Gasteiger partial charge is 0.331 e. The minimum Gasteiger partial charge on any atom is -0.331 e. The third-order valence-corrected chi connectivity index (χ3v) is 4.22. The molecule has 0 unspecified atom stereocenters. The Kier molecular flexibility index (Phi) is 5.51. The van der Waals surface area contributed by atoms with Crippen LogP contribution in [-0.4, -0.2) is 24.9 Å². The Morgan fingerprint density at radius 1 is 1.47 bits per heavy atom. The standard InChI is InChI=1S/C8H15N2O4P/c1-4-13-15(12,14-5-2)8(3,6-9)10-7-11/h7H,4-5H2,1-3H3,(H,10,11)/t8-/m0/s1. The molecule has 0 radical (unpaired) electrons. The summed E-state index contributed by atoms with van der Waals surface area (Å²) >= 11 is 0. The second kappa shape index (κ2) is 5.86. The summed E-state index contributed by atoms with van der Waals surface area (Å²) in [6.45, 7) is 4.83. The predicted molar refractivity (Wildman–Crippen MR) is 54.1 cm³/mol.